The van der Waals surface area contributed by atoms with Crippen LogP contribution in [-0.4, -0.2) is 46.4 Å². The average Bonchev–Trinajstić information content (AvgIpc) is 3.05. The van der Waals surface area contributed by atoms with E-state index in [-0.39, 0.29) is 30.8 Å². The minimum atomic E-state index is -1.19. The molecule has 1 N–H and O–H groups in total. The van der Waals surface area contributed by atoms with E-state index < -0.39 is 64.3 Å². The lowest BCUT2D eigenvalue weighted by molar-refractivity contribution is -0.112. The summed E-state index contributed by atoms with van der Waals surface area (Å²) in [6, 6.07) is 9.11. The lowest BCUT2D eigenvalue weighted by atomic mass is 9.95. The number of hydrogen-bond acceptors (Lipinski definition) is 6. The molecule has 2 amide bonds. The van der Waals surface area contributed by atoms with Gasteiger partial charge < -0.3 is 19.7 Å². The van der Waals surface area contributed by atoms with E-state index >= 15 is 0 Å². The second kappa shape index (κ2) is 11.1. The van der Waals surface area contributed by atoms with Crippen LogP contribution in [0.1, 0.15) is 52.2 Å². The summed E-state index contributed by atoms with van der Waals surface area (Å²) in [7, 11) is 0. The number of carbonyl (C=O) groups excluding carboxylic acids is 3. The van der Waals surface area contributed by atoms with Crippen molar-refractivity contribution in [2.75, 3.05) is 11.7 Å². The number of aldehydes is 1. The van der Waals surface area contributed by atoms with Gasteiger partial charge in [0.15, 0.2) is 11.4 Å². The van der Waals surface area contributed by atoms with Crippen molar-refractivity contribution in [2.24, 2.45) is 5.92 Å². The maximum Gasteiger partial charge on any atom is 0.278 e. The zero-order chi connectivity index (χ0) is 29.4. The SMILES string of the molecule is C[C@@H]1CC(C=O)[C@H](C)N2CN1n1cc(C(=O)NCc3c(F)cc(F)cc3F)c(=O)c(OCc3ccccc3)c1C2=O. The number of nitrogens with one attached hydrogen (secondary N) is 1. The van der Waals surface area contributed by atoms with Gasteiger partial charge in [-0.05, 0) is 25.8 Å². The molecule has 41 heavy (non-hydrogen) atoms. The molecule has 2 aliphatic rings. The van der Waals surface area contributed by atoms with E-state index in [0.29, 0.717) is 24.1 Å². The Balaban J connectivity index is 1.58. The molecule has 2 aliphatic heterocycles. The number of pyridine rings is 1. The normalized spacial score (nSPS) is 19.8. The van der Waals surface area contributed by atoms with Crippen LogP contribution in [0.4, 0.5) is 13.2 Å². The van der Waals surface area contributed by atoms with E-state index in [2.05, 4.69) is 5.32 Å². The molecule has 2 bridgehead atoms. The monoisotopic (exact) mass is 568 g/mol. The fourth-order valence-corrected chi connectivity index (χ4v) is 5.21. The number of nitrogens with zero attached hydrogens (tertiary/aromatic N) is 3. The van der Waals surface area contributed by atoms with Gasteiger partial charge in [-0.3, -0.25) is 24.1 Å². The molecule has 3 heterocycles. The molecule has 2 aromatic carbocycles. The average molecular weight is 569 g/mol. The van der Waals surface area contributed by atoms with Gasteiger partial charge in [0.1, 0.15) is 42.6 Å². The third-order valence-corrected chi connectivity index (χ3v) is 7.59. The van der Waals surface area contributed by atoms with E-state index in [1.54, 1.807) is 42.3 Å². The molecule has 5 rings (SSSR count). The van der Waals surface area contributed by atoms with E-state index in [0.717, 1.165) is 6.29 Å². The highest BCUT2D eigenvalue weighted by molar-refractivity contribution is 5.99. The molecule has 9 nitrogen and oxygen atoms in total. The predicted molar refractivity (Wildman–Crippen MR) is 141 cm³/mol. The van der Waals surface area contributed by atoms with Gasteiger partial charge in [-0.25, -0.2) is 13.2 Å². The molecule has 0 aliphatic carbocycles. The van der Waals surface area contributed by atoms with Gasteiger partial charge in [0, 0.05) is 48.4 Å². The maximum atomic E-state index is 14.2. The van der Waals surface area contributed by atoms with E-state index in [1.165, 1.54) is 15.8 Å². The minimum Gasteiger partial charge on any atom is -0.482 e. The predicted octanol–water partition coefficient (Wildman–Crippen LogP) is 3.12. The second-order valence-electron chi connectivity index (χ2n) is 10.2. The molecule has 0 radical (unpaired) electrons. The van der Waals surface area contributed by atoms with Crippen molar-refractivity contribution in [3.63, 3.8) is 0 Å². The summed E-state index contributed by atoms with van der Waals surface area (Å²) >= 11 is 0. The topological polar surface area (TPSA) is 101 Å². The fraction of sp³-hybridized carbons (Fsp3) is 0.310. The summed E-state index contributed by atoms with van der Waals surface area (Å²) in [6.07, 6.45) is 2.41. The van der Waals surface area contributed by atoms with Crippen LogP contribution in [0.3, 0.4) is 0 Å². The van der Waals surface area contributed by atoms with Gasteiger partial charge >= 0.3 is 0 Å². The first-order chi connectivity index (χ1) is 19.6. The first-order valence-electron chi connectivity index (χ1n) is 13.0. The molecule has 1 aromatic heterocycles. The Morgan fingerprint density at radius 2 is 1.78 bits per heavy atom. The number of benzene rings is 2. The molecule has 3 atom stereocenters. The highest BCUT2D eigenvalue weighted by Gasteiger charge is 2.43. The van der Waals surface area contributed by atoms with Gasteiger partial charge in [-0.2, -0.15) is 0 Å². The number of rotatable bonds is 7. The Bertz CT molecular complexity index is 1560. The van der Waals surface area contributed by atoms with Crippen LogP contribution in [0, 0.1) is 23.4 Å². The first-order valence-corrected chi connectivity index (χ1v) is 13.0. The number of fused-ring (bicyclic) bond motifs is 4. The molecule has 12 heteroatoms. The number of aromatic nitrogens is 1. The molecule has 1 unspecified atom stereocenters. The zero-order valence-corrected chi connectivity index (χ0v) is 22.3. The molecule has 1 saturated heterocycles. The Labute approximate surface area is 233 Å². The second-order valence-corrected chi connectivity index (χ2v) is 10.2. The van der Waals surface area contributed by atoms with E-state index in [1.807, 2.05) is 6.92 Å². The van der Waals surface area contributed by atoms with Crippen molar-refractivity contribution in [1.29, 1.82) is 0 Å². The number of ether oxygens (including phenoxy) is 1. The Hall–Kier alpha value is -4.61. The summed E-state index contributed by atoms with van der Waals surface area (Å²) in [4.78, 5) is 54.0. The molecular formula is C29H27F3N4O5. The van der Waals surface area contributed by atoms with Crippen molar-refractivity contribution in [3.8, 4) is 5.75 Å². The number of amides is 2. The summed E-state index contributed by atoms with van der Waals surface area (Å²) < 4.78 is 48.9. The molecule has 214 valence electrons. The summed E-state index contributed by atoms with van der Waals surface area (Å²) in [5.41, 5.74) is -1.32. The first kappa shape index (κ1) is 27.9. The van der Waals surface area contributed by atoms with Gasteiger partial charge in [0.25, 0.3) is 11.8 Å². The Kier molecular flexibility index (Phi) is 7.57. The van der Waals surface area contributed by atoms with Crippen molar-refractivity contribution < 1.29 is 32.3 Å². The van der Waals surface area contributed by atoms with Crippen LogP contribution in [0.2, 0.25) is 0 Å². The van der Waals surface area contributed by atoms with Crippen molar-refractivity contribution in [3.05, 3.63) is 98.7 Å². The van der Waals surface area contributed by atoms with Crippen LogP contribution in [-0.2, 0) is 17.9 Å². The highest BCUT2D eigenvalue weighted by Crippen LogP contribution is 2.31. The molecule has 0 spiro atoms. The standard InChI is InChI=1S/C29H27F3N4O5/c1-16-8-19(13-37)17(2)34-15-36(16)35-12-22(28(39)33-11-21-23(31)9-20(30)10-24(21)32)26(38)27(25(35)29(34)40)41-14-18-6-4-3-5-7-18/h3-7,9-10,12-13,16-17,19H,8,11,14-15H2,1-2H3,(H,33,39)/t16-,17+,19?/m1/s1. The van der Waals surface area contributed by atoms with Crippen molar-refractivity contribution in [1.82, 2.24) is 14.9 Å². The van der Waals surface area contributed by atoms with Crippen molar-refractivity contribution in [2.45, 2.75) is 45.5 Å². The maximum absolute atomic E-state index is 14.2. The number of hydrogen-bond donors (Lipinski definition) is 1. The number of carbonyl (C=O) groups is 3. The number of halogens is 3. The van der Waals surface area contributed by atoms with Gasteiger partial charge in [-0.15, -0.1) is 0 Å². The minimum absolute atomic E-state index is 0.0878. The Morgan fingerprint density at radius 3 is 2.44 bits per heavy atom. The molecular weight excluding hydrogens is 541 g/mol. The lowest BCUT2D eigenvalue weighted by Gasteiger charge is -2.42. The molecule has 1 fully saturated rings. The van der Waals surface area contributed by atoms with E-state index in [4.69, 9.17) is 4.74 Å². The smallest absolute Gasteiger partial charge is 0.278 e. The molecule has 0 saturated carbocycles. The van der Waals surface area contributed by atoms with Crippen LogP contribution in [0.15, 0.2) is 53.5 Å². The summed E-state index contributed by atoms with van der Waals surface area (Å²) in [5, 5.41) is 4.06. The quantitative estimate of drug-likeness (QED) is 0.440. The highest BCUT2D eigenvalue weighted by atomic mass is 19.1. The van der Waals surface area contributed by atoms with E-state index in [9.17, 15) is 32.3 Å². The van der Waals surface area contributed by atoms with Gasteiger partial charge in [0.05, 0.1) is 0 Å². The van der Waals surface area contributed by atoms with Crippen molar-refractivity contribution >= 4 is 18.1 Å². The molecule has 3 aromatic rings. The van der Waals surface area contributed by atoms with Gasteiger partial charge in [-0.1, -0.05) is 30.3 Å². The summed E-state index contributed by atoms with van der Waals surface area (Å²) in [5.74, 6) is -5.85. The Morgan fingerprint density at radius 1 is 1.10 bits per heavy atom. The summed E-state index contributed by atoms with van der Waals surface area (Å²) in [6.45, 7) is 2.96. The van der Waals surface area contributed by atoms with Gasteiger partial charge in [0.2, 0.25) is 5.43 Å². The van der Waals surface area contributed by atoms with Crippen LogP contribution in [0.5, 0.6) is 5.75 Å². The largest absolute Gasteiger partial charge is 0.482 e. The fourth-order valence-electron chi connectivity index (χ4n) is 5.21. The van der Waals surface area contributed by atoms with Crippen LogP contribution in [0.25, 0.3) is 0 Å². The lowest BCUT2D eigenvalue weighted by Crippen LogP contribution is -2.57. The third-order valence-electron chi connectivity index (χ3n) is 7.59. The third kappa shape index (κ3) is 5.17. The van der Waals surface area contributed by atoms with Crippen LogP contribution >= 0.6 is 0 Å². The zero-order valence-electron chi connectivity index (χ0n) is 22.3. The van der Waals surface area contributed by atoms with Crippen LogP contribution < -0.4 is 20.5 Å².